The molecule has 112 valence electrons. The standard InChI is InChI=1S/C12H10ClF3N4O/c1-6-4-7(2-3-8(6)13)21-10-5-9(12(14,15)16)18-11(19-10)20-17/h2-5H,17H2,1H3,(H,18,19,20). The lowest BCUT2D eigenvalue weighted by Gasteiger charge is -2.11. The molecule has 0 unspecified atom stereocenters. The van der Waals surface area contributed by atoms with E-state index in [1.54, 1.807) is 19.1 Å². The number of ether oxygens (including phenoxy) is 1. The lowest BCUT2D eigenvalue weighted by atomic mass is 10.2. The van der Waals surface area contributed by atoms with E-state index in [4.69, 9.17) is 22.2 Å². The van der Waals surface area contributed by atoms with Crippen LogP contribution in [0, 0.1) is 6.92 Å². The van der Waals surface area contributed by atoms with Gasteiger partial charge in [-0.3, -0.25) is 5.43 Å². The topological polar surface area (TPSA) is 73.1 Å². The van der Waals surface area contributed by atoms with Crippen molar-refractivity contribution in [1.82, 2.24) is 9.97 Å². The van der Waals surface area contributed by atoms with Crippen LogP contribution in [0.15, 0.2) is 24.3 Å². The van der Waals surface area contributed by atoms with Crippen LogP contribution in [0.4, 0.5) is 19.1 Å². The van der Waals surface area contributed by atoms with E-state index in [0.29, 0.717) is 16.8 Å². The van der Waals surface area contributed by atoms with E-state index in [-0.39, 0.29) is 5.88 Å². The summed E-state index contributed by atoms with van der Waals surface area (Å²) in [6, 6.07) is 5.35. The van der Waals surface area contributed by atoms with Crippen LogP contribution in [0.2, 0.25) is 5.02 Å². The second-order valence-electron chi connectivity index (χ2n) is 4.07. The molecule has 1 aromatic heterocycles. The highest BCUT2D eigenvalue weighted by molar-refractivity contribution is 6.31. The Bertz CT molecular complexity index is 663. The van der Waals surface area contributed by atoms with Crippen LogP contribution in [0.1, 0.15) is 11.3 Å². The first-order valence-electron chi connectivity index (χ1n) is 5.66. The predicted octanol–water partition coefficient (Wildman–Crippen LogP) is 3.54. The summed E-state index contributed by atoms with van der Waals surface area (Å²) in [6.07, 6.45) is -4.64. The van der Waals surface area contributed by atoms with Crippen molar-refractivity contribution >= 4 is 17.5 Å². The summed E-state index contributed by atoms with van der Waals surface area (Å²) in [5.74, 6) is 4.67. The Morgan fingerprint density at radius 1 is 1.24 bits per heavy atom. The van der Waals surface area contributed by atoms with Gasteiger partial charge in [0.2, 0.25) is 11.8 Å². The van der Waals surface area contributed by atoms with Gasteiger partial charge in [-0.15, -0.1) is 0 Å². The smallest absolute Gasteiger partial charge is 0.433 e. The number of nitrogens with zero attached hydrogens (tertiary/aromatic N) is 2. The van der Waals surface area contributed by atoms with Crippen molar-refractivity contribution in [3.8, 4) is 11.6 Å². The molecule has 3 N–H and O–H groups in total. The van der Waals surface area contributed by atoms with E-state index >= 15 is 0 Å². The molecular formula is C12H10ClF3N4O. The lowest BCUT2D eigenvalue weighted by Crippen LogP contribution is -2.15. The molecule has 0 aliphatic carbocycles. The Labute approximate surface area is 122 Å². The van der Waals surface area contributed by atoms with Crippen LogP contribution >= 0.6 is 11.6 Å². The summed E-state index contributed by atoms with van der Waals surface area (Å²) in [4.78, 5) is 6.93. The second kappa shape index (κ2) is 5.74. The molecule has 0 atom stereocenters. The highest BCUT2D eigenvalue weighted by atomic mass is 35.5. The van der Waals surface area contributed by atoms with Crippen molar-refractivity contribution < 1.29 is 17.9 Å². The fourth-order valence-corrected chi connectivity index (χ4v) is 1.61. The van der Waals surface area contributed by atoms with Crippen molar-refractivity contribution in [2.24, 2.45) is 5.84 Å². The maximum Gasteiger partial charge on any atom is 0.433 e. The van der Waals surface area contributed by atoms with Gasteiger partial charge in [0, 0.05) is 11.1 Å². The zero-order valence-corrected chi connectivity index (χ0v) is 11.5. The van der Waals surface area contributed by atoms with Gasteiger partial charge in [0.1, 0.15) is 5.75 Å². The molecule has 1 heterocycles. The van der Waals surface area contributed by atoms with E-state index in [1.165, 1.54) is 6.07 Å². The summed E-state index contributed by atoms with van der Waals surface area (Å²) in [5.41, 5.74) is 1.52. The molecule has 0 aliphatic rings. The first-order chi connectivity index (χ1) is 9.79. The fourth-order valence-electron chi connectivity index (χ4n) is 1.49. The second-order valence-corrected chi connectivity index (χ2v) is 4.48. The Kier molecular flexibility index (Phi) is 4.19. The molecule has 2 rings (SSSR count). The van der Waals surface area contributed by atoms with Gasteiger partial charge >= 0.3 is 6.18 Å². The molecule has 0 aliphatic heterocycles. The maximum absolute atomic E-state index is 12.7. The summed E-state index contributed by atoms with van der Waals surface area (Å²) in [7, 11) is 0. The molecule has 9 heteroatoms. The molecule has 5 nitrogen and oxygen atoms in total. The highest BCUT2D eigenvalue weighted by Gasteiger charge is 2.34. The van der Waals surface area contributed by atoms with Crippen molar-refractivity contribution in [2.75, 3.05) is 5.43 Å². The Hall–Kier alpha value is -2.06. The zero-order chi connectivity index (χ0) is 15.6. The molecule has 0 spiro atoms. The molecule has 0 saturated carbocycles. The average molecular weight is 319 g/mol. The number of hydrogen-bond acceptors (Lipinski definition) is 5. The number of anilines is 1. The number of nitrogens with one attached hydrogen (secondary N) is 1. The minimum atomic E-state index is -4.64. The number of nitrogens with two attached hydrogens (primary N) is 1. The van der Waals surface area contributed by atoms with Gasteiger partial charge in [0.15, 0.2) is 5.69 Å². The quantitative estimate of drug-likeness (QED) is 0.669. The van der Waals surface area contributed by atoms with E-state index in [0.717, 1.165) is 5.56 Å². The van der Waals surface area contributed by atoms with Crippen LogP contribution in [-0.2, 0) is 6.18 Å². The average Bonchev–Trinajstić information content (AvgIpc) is 2.41. The number of halogens is 4. The summed E-state index contributed by atoms with van der Waals surface area (Å²) in [5, 5.41) is 0.519. The molecule has 1 aromatic carbocycles. The maximum atomic E-state index is 12.7. The van der Waals surface area contributed by atoms with E-state index in [9.17, 15) is 13.2 Å². The number of benzene rings is 1. The van der Waals surface area contributed by atoms with Gasteiger partial charge in [-0.1, -0.05) is 11.6 Å². The summed E-state index contributed by atoms with van der Waals surface area (Å²) in [6.45, 7) is 1.74. The van der Waals surface area contributed by atoms with Crippen LogP contribution in [0.25, 0.3) is 0 Å². The van der Waals surface area contributed by atoms with Gasteiger partial charge in [-0.05, 0) is 30.7 Å². The number of hydrazine groups is 1. The van der Waals surface area contributed by atoms with Crippen molar-refractivity contribution in [2.45, 2.75) is 13.1 Å². The lowest BCUT2D eigenvalue weighted by molar-refractivity contribution is -0.141. The molecule has 0 radical (unpaired) electrons. The third kappa shape index (κ3) is 3.73. The number of aryl methyl sites for hydroxylation is 1. The normalized spacial score (nSPS) is 11.3. The monoisotopic (exact) mass is 318 g/mol. The van der Waals surface area contributed by atoms with E-state index in [2.05, 4.69) is 9.97 Å². The molecule has 0 fully saturated rings. The van der Waals surface area contributed by atoms with Gasteiger partial charge in [-0.25, -0.2) is 10.8 Å². The third-order valence-corrected chi connectivity index (χ3v) is 2.90. The zero-order valence-electron chi connectivity index (χ0n) is 10.7. The largest absolute Gasteiger partial charge is 0.439 e. The Morgan fingerprint density at radius 3 is 2.52 bits per heavy atom. The van der Waals surface area contributed by atoms with Crippen LogP contribution in [-0.4, -0.2) is 9.97 Å². The van der Waals surface area contributed by atoms with Crippen molar-refractivity contribution in [3.63, 3.8) is 0 Å². The summed E-state index contributed by atoms with van der Waals surface area (Å²) < 4.78 is 43.4. The Balaban J connectivity index is 2.36. The minimum absolute atomic E-state index is 0.285. The first-order valence-corrected chi connectivity index (χ1v) is 6.04. The van der Waals surface area contributed by atoms with Gasteiger partial charge in [0.05, 0.1) is 0 Å². The molecule has 0 amide bonds. The van der Waals surface area contributed by atoms with E-state index < -0.39 is 17.8 Å². The minimum Gasteiger partial charge on any atom is -0.439 e. The molecular weight excluding hydrogens is 309 g/mol. The number of rotatable bonds is 3. The highest BCUT2D eigenvalue weighted by Crippen LogP contribution is 2.32. The number of hydrogen-bond donors (Lipinski definition) is 2. The van der Waals surface area contributed by atoms with Crippen molar-refractivity contribution in [1.29, 1.82) is 0 Å². The first kappa shape index (κ1) is 15.3. The summed E-state index contributed by atoms with van der Waals surface area (Å²) >= 11 is 5.86. The number of nitrogen functional groups attached to an aromatic ring is 1. The van der Waals surface area contributed by atoms with E-state index in [1.807, 2.05) is 5.43 Å². The number of alkyl halides is 3. The van der Waals surface area contributed by atoms with Gasteiger partial charge in [0.25, 0.3) is 0 Å². The third-order valence-electron chi connectivity index (χ3n) is 2.47. The SMILES string of the molecule is Cc1cc(Oc2cc(C(F)(F)F)nc(NN)n2)ccc1Cl. The van der Waals surface area contributed by atoms with Crippen LogP contribution in [0.3, 0.4) is 0 Å². The van der Waals surface area contributed by atoms with Gasteiger partial charge in [-0.2, -0.15) is 18.2 Å². The predicted molar refractivity (Wildman–Crippen MR) is 71.1 cm³/mol. The molecule has 0 bridgehead atoms. The Morgan fingerprint density at radius 2 is 1.95 bits per heavy atom. The van der Waals surface area contributed by atoms with Crippen LogP contribution < -0.4 is 16.0 Å². The van der Waals surface area contributed by atoms with Gasteiger partial charge < -0.3 is 4.74 Å². The molecule has 2 aromatic rings. The van der Waals surface area contributed by atoms with Crippen LogP contribution in [0.5, 0.6) is 11.6 Å². The fraction of sp³-hybridized carbons (Fsp3) is 0.167. The molecule has 21 heavy (non-hydrogen) atoms. The molecule has 0 saturated heterocycles. The number of aromatic nitrogens is 2. The van der Waals surface area contributed by atoms with Crippen molar-refractivity contribution in [3.05, 3.63) is 40.5 Å².